The zero-order valence-corrected chi connectivity index (χ0v) is 18.5. The molecule has 0 aliphatic carbocycles. The fraction of sp³-hybridized carbons (Fsp3) is 0.381. The lowest BCUT2D eigenvalue weighted by atomic mass is 10.1. The summed E-state index contributed by atoms with van der Waals surface area (Å²) in [7, 11) is -0.666. The molecule has 0 aliphatic rings. The first-order chi connectivity index (χ1) is 14.3. The van der Waals surface area contributed by atoms with Crippen molar-refractivity contribution in [3.8, 4) is 17.2 Å². The summed E-state index contributed by atoms with van der Waals surface area (Å²) >= 11 is 0. The van der Waals surface area contributed by atoms with E-state index >= 15 is 0 Å². The van der Waals surface area contributed by atoms with Crippen molar-refractivity contribution in [1.82, 2.24) is 4.72 Å². The molecule has 0 aliphatic heterocycles. The standard InChI is InChI=1S/C21H28N2O6S/c1-5-21(24)23-17-14-16(8-10-18(17)29-6-2)30(25,26)22-12-11-15-7-9-19(27-3)20(13-15)28-4/h7-10,13-14,22H,5-6,11-12H2,1-4H3,(H,23,24). The molecular formula is C21H28N2O6S. The Kier molecular flexibility index (Phi) is 8.49. The zero-order valence-electron chi connectivity index (χ0n) is 17.7. The SMILES string of the molecule is CCOc1ccc(S(=O)(=O)NCCc2ccc(OC)c(OC)c2)cc1NC(=O)CC. The minimum atomic E-state index is -3.77. The second-order valence-electron chi connectivity index (χ2n) is 6.33. The van der Waals surface area contributed by atoms with E-state index in [1.165, 1.54) is 18.2 Å². The number of methoxy groups -OCH3 is 2. The van der Waals surface area contributed by atoms with Crippen LogP contribution in [0.15, 0.2) is 41.3 Å². The molecule has 0 atom stereocenters. The van der Waals surface area contributed by atoms with E-state index in [4.69, 9.17) is 14.2 Å². The molecular weight excluding hydrogens is 408 g/mol. The summed E-state index contributed by atoms with van der Waals surface area (Å²) in [5.74, 6) is 1.38. The zero-order chi connectivity index (χ0) is 22.1. The van der Waals surface area contributed by atoms with Crippen LogP contribution in [0.3, 0.4) is 0 Å². The molecule has 0 spiro atoms. The molecule has 0 saturated carbocycles. The first-order valence-corrected chi connectivity index (χ1v) is 11.1. The molecule has 30 heavy (non-hydrogen) atoms. The molecule has 8 nitrogen and oxygen atoms in total. The van der Waals surface area contributed by atoms with Crippen molar-refractivity contribution in [1.29, 1.82) is 0 Å². The molecule has 2 rings (SSSR count). The molecule has 0 unspecified atom stereocenters. The van der Waals surface area contributed by atoms with Gasteiger partial charge in [0.15, 0.2) is 11.5 Å². The molecule has 0 aromatic heterocycles. The van der Waals surface area contributed by atoms with E-state index in [2.05, 4.69) is 10.0 Å². The fourth-order valence-corrected chi connectivity index (χ4v) is 3.80. The number of benzene rings is 2. The third-order valence-corrected chi connectivity index (χ3v) is 5.77. The molecule has 2 aromatic carbocycles. The van der Waals surface area contributed by atoms with Gasteiger partial charge in [-0.2, -0.15) is 0 Å². The highest BCUT2D eigenvalue weighted by molar-refractivity contribution is 7.89. The maximum Gasteiger partial charge on any atom is 0.240 e. The second kappa shape index (κ2) is 10.8. The predicted octanol–water partition coefficient (Wildman–Crippen LogP) is 2.97. The van der Waals surface area contributed by atoms with Gasteiger partial charge in [0.05, 0.1) is 31.4 Å². The minimum absolute atomic E-state index is 0.0460. The number of hydrogen-bond donors (Lipinski definition) is 2. The summed E-state index contributed by atoms with van der Waals surface area (Å²) in [5.41, 5.74) is 1.23. The number of nitrogens with one attached hydrogen (secondary N) is 2. The Labute approximate surface area is 177 Å². The van der Waals surface area contributed by atoms with Crippen molar-refractivity contribution in [2.75, 3.05) is 32.7 Å². The number of ether oxygens (including phenoxy) is 3. The van der Waals surface area contributed by atoms with Crippen LogP contribution >= 0.6 is 0 Å². The Bertz CT molecular complexity index is 975. The van der Waals surface area contributed by atoms with Crippen molar-refractivity contribution in [2.24, 2.45) is 0 Å². The van der Waals surface area contributed by atoms with Gasteiger partial charge in [0.2, 0.25) is 15.9 Å². The van der Waals surface area contributed by atoms with E-state index in [1.54, 1.807) is 27.2 Å². The first kappa shape index (κ1) is 23.5. The average Bonchev–Trinajstić information content (AvgIpc) is 2.74. The number of hydrogen-bond acceptors (Lipinski definition) is 6. The summed E-state index contributed by atoms with van der Waals surface area (Å²) in [5, 5.41) is 2.68. The van der Waals surface area contributed by atoms with E-state index in [9.17, 15) is 13.2 Å². The number of carbonyl (C=O) groups excluding carboxylic acids is 1. The van der Waals surface area contributed by atoms with Crippen LogP contribution in [-0.2, 0) is 21.2 Å². The van der Waals surface area contributed by atoms with Crippen LogP contribution in [0.4, 0.5) is 5.69 Å². The van der Waals surface area contributed by atoms with Gasteiger partial charge in [-0.05, 0) is 49.2 Å². The van der Waals surface area contributed by atoms with Crippen LogP contribution in [0, 0.1) is 0 Å². The maximum absolute atomic E-state index is 12.7. The van der Waals surface area contributed by atoms with Gasteiger partial charge in [0.25, 0.3) is 0 Å². The quantitative estimate of drug-likeness (QED) is 0.561. The van der Waals surface area contributed by atoms with E-state index in [-0.39, 0.29) is 23.8 Å². The summed E-state index contributed by atoms with van der Waals surface area (Å²) in [4.78, 5) is 11.8. The molecule has 0 saturated heterocycles. The molecule has 2 aromatic rings. The molecule has 2 N–H and O–H groups in total. The maximum atomic E-state index is 12.7. The summed E-state index contributed by atoms with van der Waals surface area (Å²) in [6, 6.07) is 9.82. The molecule has 9 heteroatoms. The van der Waals surface area contributed by atoms with Gasteiger partial charge >= 0.3 is 0 Å². The van der Waals surface area contributed by atoms with Crippen molar-refractivity contribution < 1.29 is 27.4 Å². The van der Waals surface area contributed by atoms with Crippen LogP contribution in [0.5, 0.6) is 17.2 Å². The van der Waals surface area contributed by atoms with Gasteiger partial charge in [-0.25, -0.2) is 13.1 Å². The van der Waals surface area contributed by atoms with Crippen LogP contribution in [0.2, 0.25) is 0 Å². The Balaban J connectivity index is 2.13. The summed E-state index contributed by atoms with van der Waals surface area (Å²) in [6.07, 6.45) is 0.738. The molecule has 1 amide bonds. The smallest absolute Gasteiger partial charge is 0.240 e. The summed E-state index contributed by atoms with van der Waals surface area (Å²) in [6.45, 7) is 4.12. The van der Waals surface area contributed by atoms with E-state index in [0.29, 0.717) is 36.0 Å². The molecule has 0 bridgehead atoms. The molecule has 0 fully saturated rings. The van der Waals surface area contributed by atoms with Crippen molar-refractivity contribution >= 4 is 21.6 Å². The van der Waals surface area contributed by atoms with Crippen LogP contribution in [0.1, 0.15) is 25.8 Å². The van der Waals surface area contributed by atoms with Gasteiger partial charge in [-0.15, -0.1) is 0 Å². The average molecular weight is 437 g/mol. The largest absolute Gasteiger partial charge is 0.493 e. The van der Waals surface area contributed by atoms with Gasteiger partial charge in [-0.1, -0.05) is 13.0 Å². The number of carbonyl (C=O) groups is 1. The van der Waals surface area contributed by atoms with Gasteiger partial charge in [0, 0.05) is 13.0 Å². The normalized spacial score (nSPS) is 11.1. The summed E-state index contributed by atoms with van der Waals surface area (Å²) < 4.78 is 44.0. The Morgan fingerprint density at radius 3 is 2.30 bits per heavy atom. The number of rotatable bonds is 11. The van der Waals surface area contributed by atoms with Crippen LogP contribution < -0.4 is 24.2 Å². The van der Waals surface area contributed by atoms with Crippen LogP contribution in [-0.4, -0.2) is 41.7 Å². The number of anilines is 1. The van der Waals surface area contributed by atoms with Gasteiger partial charge in [-0.3, -0.25) is 4.79 Å². The lowest BCUT2D eigenvalue weighted by Gasteiger charge is -2.14. The van der Waals surface area contributed by atoms with Crippen molar-refractivity contribution in [3.63, 3.8) is 0 Å². The molecule has 164 valence electrons. The van der Waals surface area contributed by atoms with E-state index < -0.39 is 10.0 Å². The topological polar surface area (TPSA) is 103 Å². The Hall–Kier alpha value is -2.78. The van der Waals surface area contributed by atoms with E-state index in [0.717, 1.165) is 5.56 Å². The van der Waals surface area contributed by atoms with Crippen molar-refractivity contribution in [2.45, 2.75) is 31.6 Å². The van der Waals surface area contributed by atoms with E-state index in [1.807, 2.05) is 19.1 Å². The highest BCUT2D eigenvalue weighted by Crippen LogP contribution is 2.29. The fourth-order valence-electron chi connectivity index (χ4n) is 2.74. The highest BCUT2D eigenvalue weighted by atomic mass is 32.2. The lowest BCUT2D eigenvalue weighted by molar-refractivity contribution is -0.115. The highest BCUT2D eigenvalue weighted by Gasteiger charge is 2.17. The van der Waals surface area contributed by atoms with Crippen molar-refractivity contribution in [3.05, 3.63) is 42.0 Å². The Morgan fingerprint density at radius 2 is 1.67 bits per heavy atom. The van der Waals surface area contributed by atoms with Crippen LogP contribution in [0.25, 0.3) is 0 Å². The molecule has 0 radical (unpaired) electrons. The Morgan fingerprint density at radius 1 is 0.967 bits per heavy atom. The number of amides is 1. The van der Waals surface area contributed by atoms with Gasteiger partial charge in [0.1, 0.15) is 5.75 Å². The predicted molar refractivity (Wildman–Crippen MR) is 115 cm³/mol. The lowest BCUT2D eigenvalue weighted by Crippen LogP contribution is -2.26. The molecule has 0 heterocycles. The third kappa shape index (κ3) is 6.11. The van der Waals surface area contributed by atoms with Gasteiger partial charge < -0.3 is 19.5 Å². The minimum Gasteiger partial charge on any atom is -0.493 e. The third-order valence-electron chi connectivity index (χ3n) is 4.31. The number of sulfonamides is 1. The second-order valence-corrected chi connectivity index (χ2v) is 8.10. The monoisotopic (exact) mass is 436 g/mol. The first-order valence-electron chi connectivity index (χ1n) is 9.61.